The van der Waals surface area contributed by atoms with Gasteiger partial charge in [-0.2, -0.15) is 0 Å². The molecule has 2 heterocycles. The van der Waals surface area contributed by atoms with E-state index in [2.05, 4.69) is 22.6 Å². The van der Waals surface area contributed by atoms with Crippen LogP contribution in [-0.2, 0) is 9.47 Å². The molecule has 4 rings (SSSR count). The summed E-state index contributed by atoms with van der Waals surface area (Å²) < 4.78 is 12.1. The van der Waals surface area contributed by atoms with Gasteiger partial charge < -0.3 is 14.6 Å². The average Bonchev–Trinajstić information content (AvgIpc) is 2.69. The number of halogens is 1. The van der Waals surface area contributed by atoms with Crippen LogP contribution in [0.3, 0.4) is 0 Å². The van der Waals surface area contributed by atoms with Crippen LogP contribution in [0.15, 0.2) is 0 Å². The minimum atomic E-state index is -0.941. The van der Waals surface area contributed by atoms with E-state index < -0.39 is 5.79 Å². The van der Waals surface area contributed by atoms with Crippen LogP contribution in [-0.4, -0.2) is 27.2 Å². The minimum absolute atomic E-state index is 0.116. The highest BCUT2D eigenvalue weighted by Gasteiger charge is 2.73. The fourth-order valence-electron chi connectivity index (χ4n) is 4.30. The Labute approximate surface area is 96.3 Å². The van der Waals surface area contributed by atoms with Crippen molar-refractivity contribution in [1.29, 1.82) is 0 Å². The largest absolute Gasteiger partial charge is 0.365 e. The first kappa shape index (κ1) is 8.73. The molecule has 2 bridgehead atoms. The van der Waals surface area contributed by atoms with Gasteiger partial charge in [-0.1, -0.05) is 22.6 Å². The number of rotatable bonds is 0. The lowest BCUT2D eigenvalue weighted by atomic mass is 9.77. The number of hydrogen-bond acceptors (Lipinski definition) is 3. The summed E-state index contributed by atoms with van der Waals surface area (Å²) in [7, 11) is 0. The van der Waals surface area contributed by atoms with Gasteiger partial charge in [0.1, 0.15) is 0 Å². The van der Waals surface area contributed by atoms with Gasteiger partial charge in [0.2, 0.25) is 0 Å². The van der Waals surface area contributed by atoms with Crippen LogP contribution >= 0.6 is 22.6 Å². The Hall–Kier alpha value is 0.610. The highest BCUT2D eigenvalue weighted by Crippen LogP contribution is 2.67. The standard InChI is InChI=1S/C10H13IO3/c1-10(12)6-4-2-3-5(6)9(14-10)13-8(3)7(4)11/h3-9,12H,2H2,1H3/t3-,4+,5-,6?,7+,8+,9+,10?/m1/s1. The Kier molecular flexibility index (Phi) is 1.44. The SMILES string of the molecule is CC1(O)O[C@@H]2O[C@@H]3[C@@H](I)[C@H]4C[C@@H]3[C@@H]2C41. The summed E-state index contributed by atoms with van der Waals surface area (Å²) in [5.74, 6) is 1.12. The van der Waals surface area contributed by atoms with Crippen molar-refractivity contribution in [2.75, 3.05) is 0 Å². The summed E-state index contributed by atoms with van der Waals surface area (Å²) in [4.78, 5) is 0. The second-order valence-corrected chi connectivity index (χ2v) is 6.69. The molecule has 14 heavy (non-hydrogen) atoms. The van der Waals surface area contributed by atoms with Gasteiger partial charge in [0, 0.05) is 15.8 Å². The Morgan fingerprint density at radius 1 is 1.43 bits per heavy atom. The monoisotopic (exact) mass is 308 g/mol. The molecule has 78 valence electrons. The molecule has 2 aliphatic heterocycles. The average molecular weight is 308 g/mol. The van der Waals surface area contributed by atoms with E-state index in [0.717, 1.165) is 0 Å². The van der Waals surface area contributed by atoms with Crippen molar-refractivity contribution in [3.05, 3.63) is 0 Å². The van der Waals surface area contributed by atoms with Crippen LogP contribution in [0.1, 0.15) is 13.3 Å². The van der Waals surface area contributed by atoms with E-state index in [1.54, 1.807) is 6.92 Å². The fraction of sp³-hybridized carbons (Fsp3) is 1.00. The van der Waals surface area contributed by atoms with Crippen molar-refractivity contribution >= 4 is 22.6 Å². The Morgan fingerprint density at radius 3 is 3.00 bits per heavy atom. The summed E-state index contributed by atoms with van der Waals surface area (Å²) in [6.45, 7) is 1.80. The molecule has 2 saturated heterocycles. The number of alkyl halides is 1. The minimum Gasteiger partial charge on any atom is -0.365 e. The third-order valence-corrected chi connectivity index (χ3v) is 6.27. The quantitative estimate of drug-likeness (QED) is 0.539. The second kappa shape index (κ2) is 2.31. The van der Waals surface area contributed by atoms with Crippen LogP contribution in [0.5, 0.6) is 0 Å². The van der Waals surface area contributed by atoms with Gasteiger partial charge in [-0.15, -0.1) is 0 Å². The van der Waals surface area contributed by atoms with Gasteiger partial charge >= 0.3 is 0 Å². The molecule has 4 fully saturated rings. The van der Waals surface area contributed by atoms with Gasteiger partial charge in [-0.25, -0.2) is 0 Å². The fourth-order valence-corrected chi connectivity index (χ4v) is 5.74. The number of fused-ring (bicyclic) bond motifs is 2. The summed E-state index contributed by atoms with van der Waals surface area (Å²) in [5.41, 5.74) is 0. The van der Waals surface area contributed by atoms with Gasteiger partial charge in [0.25, 0.3) is 0 Å². The number of hydrogen-bond donors (Lipinski definition) is 1. The van der Waals surface area contributed by atoms with Crippen molar-refractivity contribution in [2.24, 2.45) is 23.7 Å². The molecule has 1 N–H and O–H groups in total. The maximum Gasteiger partial charge on any atom is 0.169 e. The summed E-state index contributed by atoms with van der Waals surface area (Å²) in [6.07, 6.45) is 1.53. The van der Waals surface area contributed by atoms with Gasteiger partial charge in [-0.3, -0.25) is 0 Å². The molecule has 3 nitrogen and oxygen atoms in total. The molecule has 2 aliphatic carbocycles. The topological polar surface area (TPSA) is 38.7 Å². The van der Waals surface area contributed by atoms with E-state index in [0.29, 0.717) is 33.7 Å². The second-order valence-electron chi connectivity index (χ2n) is 5.25. The smallest absolute Gasteiger partial charge is 0.169 e. The highest BCUT2D eigenvalue weighted by molar-refractivity contribution is 14.1. The molecule has 0 radical (unpaired) electrons. The predicted octanol–water partition coefficient (Wildman–Crippen LogP) is 1.14. The summed E-state index contributed by atoms with van der Waals surface area (Å²) in [6, 6.07) is 0. The van der Waals surface area contributed by atoms with Gasteiger partial charge in [-0.05, 0) is 25.2 Å². The molecule has 2 unspecified atom stereocenters. The molecule has 0 aromatic carbocycles. The Balaban J connectivity index is 1.86. The molecule has 4 heteroatoms. The Bertz CT molecular complexity index is 306. The first-order chi connectivity index (χ1) is 6.59. The molecule has 0 amide bonds. The van der Waals surface area contributed by atoms with Gasteiger partial charge in [0.05, 0.1) is 6.10 Å². The highest BCUT2D eigenvalue weighted by atomic mass is 127. The summed E-state index contributed by atoms with van der Waals surface area (Å²) >= 11 is 2.50. The lowest BCUT2D eigenvalue weighted by molar-refractivity contribution is -0.263. The van der Waals surface area contributed by atoms with Crippen LogP contribution in [0, 0.1) is 23.7 Å². The van der Waals surface area contributed by atoms with Crippen molar-refractivity contribution in [1.82, 2.24) is 0 Å². The molecule has 0 aromatic heterocycles. The normalized spacial score (nSPS) is 73.5. The van der Waals surface area contributed by atoms with Crippen molar-refractivity contribution < 1.29 is 14.6 Å². The maximum atomic E-state index is 10.2. The third kappa shape index (κ3) is 0.750. The van der Waals surface area contributed by atoms with Crippen molar-refractivity contribution in [3.63, 3.8) is 0 Å². The molecule has 2 saturated carbocycles. The van der Waals surface area contributed by atoms with E-state index in [1.807, 2.05) is 0 Å². The van der Waals surface area contributed by atoms with E-state index >= 15 is 0 Å². The third-order valence-electron chi connectivity index (χ3n) is 4.64. The van der Waals surface area contributed by atoms with E-state index in [1.165, 1.54) is 6.42 Å². The molecule has 0 spiro atoms. The van der Waals surface area contributed by atoms with E-state index in [-0.39, 0.29) is 6.29 Å². The van der Waals surface area contributed by atoms with E-state index in [4.69, 9.17) is 9.47 Å². The predicted molar refractivity (Wildman–Crippen MR) is 56.8 cm³/mol. The zero-order chi connectivity index (χ0) is 9.66. The van der Waals surface area contributed by atoms with Crippen molar-refractivity contribution in [2.45, 2.75) is 35.5 Å². The van der Waals surface area contributed by atoms with Crippen LogP contribution < -0.4 is 0 Å². The molecular weight excluding hydrogens is 295 g/mol. The lowest BCUT2D eigenvalue weighted by Crippen LogP contribution is -2.44. The first-order valence-corrected chi connectivity index (χ1v) is 6.54. The number of aliphatic hydroxyl groups is 1. The zero-order valence-corrected chi connectivity index (χ0v) is 10.0. The maximum absolute atomic E-state index is 10.2. The summed E-state index contributed by atoms with van der Waals surface area (Å²) in [5, 5.41) is 10.2. The number of ether oxygens (including phenoxy) is 2. The van der Waals surface area contributed by atoms with Crippen LogP contribution in [0.25, 0.3) is 0 Å². The van der Waals surface area contributed by atoms with Gasteiger partial charge in [0.15, 0.2) is 12.1 Å². The molecular formula is C10H13IO3. The molecule has 8 atom stereocenters. The zero-order valence-electron chi connectivity index (χ0n) is 7.89. The molecule has 4 aliphatic rings. The van der Waals surface area contributed by atoms with Crippen LogP contribution in [0.4, 0.5) is 0 Å². The van der Waals surface area contributed by atoms with E-state index in [9.17, 15) is 5.11 Å². The Morgan fingerprint density at radius 2 is 2.21 bits per heavy atom. The lowest BCUT2D eigenvalue weighted by Gasteiger charge is -2.35. The van der Waals surface area contributed by atoms with Crippen molar-refractivity contribution in [3.8, 4) is 0 Å². The molecule has 0 aromatic rings. The van der Waals surface area contributed by atoms with Crippen LogP contribution in [0.2, 0.25) is 0 Å². The first-order valence-electron chi connectivity index (χ1n) is 5.29.